The highest BCUT2D eigenvalue weighted by Gasteiger charge is 2.43. The van der Waals surface area contributed by atoms with Crippen LogP contribution in [0.25, 0.3) is 0 Å². The van der Waals surface area contributed by atoms with Crippen LogP contribution < -0.4 is 0 Å². The molecule has 0 aromatic rings. The maximum atomic E-state index is 12.6. The van der Waals surface area contributed by atoms with E-state index in [2.05, 4.69) is 15.9 Å². The molecule has 1 saturated carbocycles. The van der Waals surface area contributed by atoms with Crippen LogP contribution in [0.1, 0.15) is 32.1 Å². The Morgan fingerprint density at radius 2 is 1.83 bits per heavy atom. The highest BCUT2D eigenvalue weighted by atomic mass is 79.9. The Morgan fingerprint density at radius 3 is 2.28 bits per heavy atom. The van der Waals surface area contributed by atoms with Gasteiger partial charge in [0.25, 0.3) is 0 Å². The first kappa shape index (κ1) is 14.2. The Labute approximate surface area is 113 Å². The fourth-order valence-corrected chi connectivity index (χ4v) is 3.41. The standard InChI is InChI=1S/C12H17BrF3NO/c13-6-8-5-11(18)17(7-8)10-3-1-9(2-4-10)12(14,15)16/h8-10H,1-7H2. The molecule has 1 aliphatic heterocycles. The molecule has 0 bridgehead atoms. The van der Waals surface area contributed by atoms with Gasteiger partial charge in [0, 0.05) is 24.3 Å². The van der Waals surface area contributed by atoms with E-state index < -0.39 is 12.1 Å². The van der Waals surface area contributed by atoms with E-state index in [0.29, 0.717) is 31.7 Å². The number of hydrogen-bond acceptors (Lipinski definition) is 1. The van der Waals surface area contributed by atoms with Gasteiger partial charge in [-0.25, -0.2) is 0 Å². The summed E-state index contributed by atoms with van der Waals surface area (Å²) in [5, 5.41) is 0.785. The number of amides is 1. The highest BCUT2D eigenvalue weighted by molar-refractivity contribution is 9.09. The molecule has 104 valence electrons. The number of likely N-dealkylation sites (tertiary alicyclic amines) is 1. The molecular formula is C12H17BrF3NO. The third kappa shape index (κ3) is 3.00. The van der Waals surface area contributed by atoms with Crippen molar-refractivity contribution in [3.8, 4) is 0 Å². The van der Waals surface area contributed by atoms with Crippen LogP contribution >= 0.6 is 15.9 Å². The van der Waals surface area contributed by atoms with Crippen molar-refractivity contribution in [2.24, 2.45) is 11.8 Å². The Kier molecular flexibility index (Phi) is 4.24. The predicted molar refractivity (Wildman–Crippen MR) is 65.4 cm³/mol. The summed E-state index contributed by atoms with van der Waals surface area (Å²) in [7, 11) is 0. The van der Waals surface area contributed by atoms with E-state index in [1.807, 2.05) is 0 Å². The van der Waals surface area contributed by atoms with Gasteiger partial charge in [0.2, 0.25) is 5.91 Å². The van der Waals surface area contributed by atoms with Gasteiger partial charge in [0.1, 0.15) is 0 Å². The minimum Gasteiger partial charge on any atom is -0.339 e. The highest BCUT2D eigenvalue weighted by Crippen LogP contribution is 2.39. The third-order valence-corrected chi connectivity index (χ3v) is 4.97. The molecule has 1 amide bonds. The van der Waals surface area contributed by atoms with Crippen LogP contribution in [0.4, 0.5) is 13.2 Å². The van der Waals surface area contributed by atoms with E-state index in [1.165, 1.54) is 0 Å². The topological polar surface area (TPSA) is 20.3 Å². The Bertz CT molecular complexity index is 313. The number of hydrogen-bond donors (Lipinski definition) is 0. The molecule has 1 aliphatic carbocycles. The molecule has 1 atom stereocenters. The van der Waals surface area contributed by atoms with E-state index >= 15 is 0 Å². The van der Waals surface area contributed by atoms with Crippen LogP contribution in [0.2, 0.25) is 0 Å². The van der Waals surface area contributed by atoms with Crippen LogP contribution in [-0.2, 0) is 4.79 Å². The summed E-state index contributed by atoms with van der Waals surface area (Å²) in [6.07, 6.45) is -2.23. The smallest absolute Gasteiger partial charge is 0.339 e. The minimum absolute atomic E-state index is 0.0279. The number of carbonyl (C=O) groups is 1. The van der Waals surface area contributed by atoms with Crippen molar-refractivity contribution in [1.82, 2.24) is 4.90 Å². The molecule has 2 nitrogen and oxygen atoms in total. The van der Waals surface area contributed by atoms with Crippen molar-refractivity contribution in [2.45, 2.75) is 44.3 Å². The lowest BCUT2D eigenvalue weighted by atomic mass is 9.85. The van der Waals surface area contributed by atoms with E-state index in [-0.39, 0.29) is 24.8 Å². The van der Waals surface area contributed by atoms with E-state index in [0.717, 1.165) is 5.33 Å². The first-order valence-electron chi connectivity index (χ1n) is 6.34. The van der Waals surface area contributed by atoms with Gasteiger partial charge in [-0.1, -0.05) is 15.9 Å². The minimum atomic E-state index is -4.07. The zero-order chi connectivity index (χ0) is 13.3. The van der Waals surface area contributed by atoms with Gasteiger partial charge in [-0.2, -0.15) is 13.2 Å². The van der Waals surface area contributed by atoms with Crippen molar-refractivity contribution < 1.29 is 18.0 Å². The number of nitrogens with zero attached hydrogens (tertiary/aromatic N) is 1. The summed E-state index contributed by atoms with van der Waals surface area (Å²) >= 11 is 3.36. The monoisotopic (exact) mass is 327 g/mol. The van der Waals surface area contributed by atoms with Gasteiger partial charge >= 0.3 is 6.18 Å². The van der Waals surface area contributed by atoms with Crippen molar-refractivity contribution in [3.05, 3.63) is 0 Å². The number of halogens is 4. The molecule has 18 heavy (non-hydrogen) atoms. The average Bonchev–Trinajstić information content (AvgIpc) is 2.70. The summed E-state index contributed by atoms with van der Waals surface area (Å²) in [4.78, 5) is 13.6. The van der Waals surface area contributed by atoms with Gasteiger partial charge in [0.05, 0.1) is 5.92 Å². The lowest BCUT2D eigenvalue weighted by Gasteiger charge is -2.35. The van der Waals surface area contributed by atoms with Crippen LogP contribution in [0, 0.1) is 11.8 Å². The molecule has 1 unspecified atom stereocenters. The van der Waals surface area contributed by atoms with Crippen molar-refractivity contribution in [1.29, 1.82) is 0 Å². The van der Waals surface area contributed by atoms with Crippen molar-refractivity contribution >= 4 is 21.8 Å². The summed E-state index contributed by atoms with van der Waals surface area (Å²) in [5.41, 5.74) is 0. The molecule has 1 heterocycles. The lowest BCUT2D eigenvalue weighted by Crippen LogP contribution is -2.41. The summed E-state index contributed by atoms with van der Waals surface area (Å²) in [6.45, 7) is 0.700. The fourth-order valence-electron chi connectivity index (χ4n) is 2.98. The number of alkyl halides is 4. The molecule has 1 saturated heterocycles. The maximum Gasteiger partial charge on any atom is 0.391 e. The molecule has 0 aromatic heterocycles. The van der Waals surface area contributed by atoms with Crippen LogP contribution in [0.3, 0.4) is 0 Å². The van der Waals surface area contributed by atoms with Gasteiger partial charge in [-0.15, -0.1) is 0 Å². The molecule has 2 rings (SSSR count). The average molecular weight is 328 g/mol. The second-order valence-corrected chi connectivity index (χ2v) is 5.97. The van der Waals surface area contributed by atoms with Crippen LogP contribution in [-0.4, -0.2) is 34.9 Å². The Balaban J connectivity index is 1.89. The second-order valence-electron chi connectivity index (χ2n) is 5.32. The number of carbonyl (C=O) groups excluding carboxylic acids is 1. The van der Waals surface area contributed by atoms with Gasteiger partial charge in [-0.05, 0) is 31.6 Å². The molecule has 0 radical (unpaired) electrons. The molecule has 0 spiro atoms. The van der Waals surface area contributed by atoms with Gasteiger partial charge in [-0.3, -0.25) is 4.79 Å². The van der Waals surface area contributed by atoms with Crippen LogP contribution in [0.15, 0.2) is 0 Å². The summed E-state index contributed by atoms with van der Waals surface area (Å²) in [5.74, 6) is -0.744. The van der Waals surface area contributed by atoms with E-state index in [1.54, 1.807) is 4.90 Å². The SMILES string of the molecule is O=C1CC(CBr)CN1C1CCC(C(F)(F)F)CC1. The van der Waals surface area contributed by atoms with E-state index in [4.69, 9.17) is 0 Å². The molecule has 2 fully saturated rings. The first-order valence-corrected chi connectivity index (χ1v) is 7.46. The summed E-state index contributed by atoms with van der Waals surface area (Å²) < 4.78 is 37.7. The van der Waals surface area contributed by atoms with Gasteiger partial charge < -0.3 is 4.90 Å². The Morgan fingerprint density at radius 1 is 1.22 bits per heavy atom. The number of rotatable bonds is 2. The maximum absolute atomic E-state index is 12.6. The zero-order valence-corrected chi connectivity index (χ0v) is 11.6. The quantitative estimate of drug-likeness (QED) is 0.712. The largest absolute Gasteiger partial charge is 0.391 e. The van der Waals surface area contributed by atoms with Gasteiger partial charge in [0.15, 0.2) is 0 Å². The lowest BCUT2D eigenvalue weighted by molar-refractivity contribution is -0.184. The molecular weight excluding hydrogens is 311 g/mol. The fraction of sp³-hybridized carbons (Fsp3) is 0.917. The molecule has 0 aromatic carbocycles. The Hall–Kier alpha value is -0.260. The van der Waals surface area contributed by atoms with E-state index in [9.17, 15) is 18.0 Å². The first-order chi connectivity index (χ1) is 8.41. The second kappa shape index (κ2) is 5.39. The summed E-state index contributed by atoms with van der Waals surface area (Å²) in [6, 6.07) is 0.0279. The molecule has 6 heteroatoms. The van der Waals surface area contributed by atoms with Crippen molar-refractivity contribution in [3.63, 3.8) is 0 Å². The molecule has 0 N–H and O–H groups in total. The predicted octanol–water partition coefficient (Wildman–Crippen LogP) is 3.35. The van der Waals surface area contributed by atoms with Crippen molar-refractivity contribution in [2.75, 3.05) is 11.9 Å². The van der Waals surface area contributed by atoms with Crippen LogP contribution in [0.5, 0.6) is 0 Å². The zero-order valence-electron chi connectivity index (χ0n) is 10.0. The third-order valence-electron chi connectivity index (χ3n) is 4.06. The molecule has 2 aliphatic rings. The normalized spacial score (nSPS) is 34.1.